The number of hydrogen-bond acceptors (Lipinski definition) is 4. The van der Waals surface area contributed by atoms with Crippen LogP contribution < -0.4 is 15.2 Å². The van der Waals surface area contributed by atoms with E-state index in [0.717, 1.165) is 17.7 Å². The maximum Gasteiger partial charge on any atom is 0.161 e. The average Bonchev–Trinajstić information content (AvgIpc) is 2.84. The van der Waals surface area contributed by atoms with Crippen molar-refractivity contribution < 1.29 is 9.47 Å². The Morgan fingerprint density at radius 1 is 1.35 bits per heavy atom. The zero-order valence-corrected chi connectivity index (χ0v) is 12.3. The van der Waals surface area contributed by atoms with Crippen molar-refractivity contribution >= 4 is 17.2 Å². The molecule has 2 rings (SSSR count). The molecule has 5 nitrogen and oxygen atoms in total. The quantitative estimate of drug-likeness (QED) is 0.821. The largest absolute Gasteiger partial charge is 0.493 e. The van der Waals surface area contributed by atoms with Crippen molar-refractivity contribution in [1.82, 2.24) is 9.78 Å². The van der Waals surface area contributed by atoms with E-state index in [2.05, 4.69) is 5.10 Å². The lowest BCUT2D eigenvalue weighted by Gasteiger charge is -2.12. The molecule has 0 fully saturated rings. The molecule has 0 amide bonds. The minimum atomic E-state index is 0.338. The van der Waals surface area contributed by atoms with Gasteiger partial charge in [-0.2, -0.15) is 5.10 Å². The first kappa shape index (κ1) is 14.3. The third-order valence-corrected chi connectivity index (χ3v) is 3.22. The van der Waals surface area contributed by atoms with Gasteiger partial charge in [-0.15, -0.1) is 0 Å². The smallest absolute Gasteiger partial charge is 0.161 e. The molecule has 0 atom stereocenters. The van der Waals surface area contributed by atoms with Crippen LogP contribution in [0.3, 0.4) is 0 Å². The van der Waals surface area contributed by atoms with Crippen molar-refractivity contribution in [2.75, 3.05) is 13.7 Å². The molecule has 0 aliphatic carbocycles. The third kappa shape index (κ3) is 3.27. The highest BCUT2D eigenvalue weighted by molar-refractivity contribution is 7.80. The molecule has 2 aromatic rings. The molecule has 0 aliphatic heterocycles. The molecule has 6 heteroatoms. The Balaban J connectivity index is 2.02. The van der Waals surface area contributed by atoms with Gasteiger partial charge in [-0.05, 0) is 24.3 Å². The molecule has 2 N–H and O–H groups in total. The number of nitrogens with zero attached hydrogens (tertiary/aromatic N) is 2. The van der Waals surface area contributed by atoms with Crippen LogP contribution in [-0.2, 0) is 13.5 Å². The Labute approximate surface area is 123 Å². The summed E-state index contributed by atoms with van der Waals surface area (Å²) in [6.45, 7) is 0.544. The van der Waals surface area contributed by atoms with E-state index in [1.165, 1.54) is 0 Å². The van der Waals surface area contributed by atoms with Crippen LogP contribution in [0.5, 0.6) is 11.5 Å². The second-order valence-corrected chi connectivity index (χ2v) is 4.71. The molecular weight excluding hydrogens is 274 g/mol. The monoisotopic (exact) mass is 291 g/mol. The fourth-order valence-corrected chi connectivity index (χ4v) is 1.98. The van der Waals surface area contributed by atoms with Crippen LogP contribution in [0.25, 0.3) is 0 Å². The topological polar surface area (TPSA) is 62.3 Å². The van der Waals surface area contributed by atoms with Crippen LogP contribution in [0.1, 0.15) is 11.3 Å². The van der Waals surface area contributed by atoms with Crippen molar-refractivity contribution in [3.8, 4) is 11.5 Å². The fourth-order valence-electron chi connectivity index (χ4n) is 1.85. The Hall–Kier alpha value is -2.08. The Bertz CT molecular complexity index is 610. The molecule has 0 unspecified atom stereocenters. The van der Waals surface area contributed by atoms with Crippen LogP contribution in [0.15, 0.2) is 30.5 Å². The lowest BCUT2D eigenvalue weighted by atomic mass is 10.2. The van der Waals surface area contributed by atoms with Gasteiger partial charge in [0.05, 0.1) is 13.7 Å². The van der Waals surface area contributed by atoms with Gasteiger partial charge >= 0.3 is 0 Å². The van der Waals surface area contributed by atoms with E-state index in [0.29, 0.717) is 23.1 Å². The number of hydrogen-bond donors (Lipinski definition) is 1. The molecule has 0 bridgehead atoms. The number of rotatable bonds is 6. The minimum absolute atomic E-state index is 0.338. The van der Waals surface area contributed by atoms with Gasteiger partial charge in [0, 0.05) is 30.9 Å². The van der Waals surface area contributed by atoms with E-state index in [4.69, 9.17) is 27.4 Å². The van der Waals surface area contributed by atoms with Crippen LogP contribution in [-0.4, -0.2) is 28.5 Å². The van der Waals surface area contributed by atoms with Gasteiger partial charge < -0.3 is 15.2 Å². The first-order valence-electron chi connectivity index (χ1n) is 6.19. The summed E-state index contributed by atoms with van der Waals surface area (Å²) >= 11 is 4.94. The SMILES string of the molecule is COc1cc(C(N)=S)ccc1OCCc1ccnn1C. The summed E-state index contributed by atoms with van der Waals surface area (Å²) in [7, 11) is 3.50. The van der Waals surface area contributed by atoms with Gasteiger partial charge in [0.25, 0.3) is 0 Å². The summed E-state index contributed by atoms with van der Waals surface area (Å²) in [6, 6.07) is 7.39. The van der Waals surface area contributed by atoms with Crippen molar-refractivity contribution in [2.45, 2.75) is 6.42 Å². The zero-order valence-electron chi connectivity index (χ0n) is 11.5. The van der Waals surface area contributed by atoms with E-state index in [1.807, 2.05) is 29.9 Å². The van der Waals surface area contributed by atoms with Gasteiger partial charge in [-0.25, -0.2) is 0 Å². The number of methoxy groups -OCH3 is 1. The summed E-state index contributed by atoms with van der Waals surface area (Å²) in [6.07, 6.45) is 2.55. The van der Waals surface area contributed by atoms with Crippen LogP contribution in [0.2, 0.25) is 0 Å². The van der Waals surface area contributed by atoms with Crippen molar-refractivity contribution in [2.24, 2.45) is 12.8 Å². The lowest BCUT2D eigenvalue weighted by Crippen LogP contribution is -2.10. The maximum absolute atomic E-state index is 5.74. The Kier molecular flexibility index (Phi) is 4.57. The first-order valence-corrected chi connectivity index (χ1v) is 6.60. The summed E-state index contributed by atoms with van der Waals surface area (Å²) in [5.41, 5.74) is 7.47. The molecule has 1 aromatic heterocycles. The van der Waals surface area contributed by atoms with Gasteiger partial charge in [-0.1, -0.05) is 12.2 Å². The highest BCUT2D eigenvalue weighted by Crippen LogP contribution is 2.28. The summed E-state index contributed by atoms with van der Waals surface area (Å²) in [4.78, 5) is 0.338. The van der Waals surface area contributed by atoms with Gasteiger partial charge in [0.15, 0.2) is 11.5 Å². The van der Waals surface area contributed by atoms with E-state index >= 15 is 0 Å². The van der Waals surface area contributed by atoms with E-state index < -0.39 is 0 Å². The molecule has 0 saturated carbocycles. The molecule has 106 valence electrons. The Morgan fingerprint density at radius 3 is 2.75 bits per heavy atom. The summed E-state index contributed by atoms with van der Waals surface area (Å²) in [5.74, 6) is 1.30. The van der Waals surface area contributed by atoms with Crippen molar-refractivity contribution in [3.63, 3.8) is 0 Å². The standard InChI is InChI=1S/C14H17N3O2S/c1-17-11(5-7-16-17)6-8-19-12-4-3-10(14(15)20)9-13(12)18-2/h3-5,7,9H,6,8H2,1-2H3,(H2,15,20). The van der Waals surface area contributed by atoms with Crippen LogP contribution in [0.4, 0.5) is 0 Å². The minimum Gasteiger partial charge on any atom is -0.493 e. The van der Waals surface area contributed by atoms with Gasteiger partial charge in [0.2, 0.25) is 0 Å². The highest BCUT2D eigenvalue weighted by atomic mass is 32.1. The predicted octanol–water partition coefficient (Wildman–Crippen LogP) is 1.68. The maximum atomic E-state index is 5.74. The highest BCUT2D eigenvalue weighted by Gasteiger charge is 2.08. The fraction of sp³-hybridized carbons (Fsp3) is 0.286. The molecule has 0 radical (unpaired) electrons. The normalized spacial score (nSPS) is 10.3. The molecule has 0 saturated heterocycles. The van der Waals surface area contributed by atoms with E-state index in [-0.39, 0.29) is 0 Å². The average molecular weight is 291 g/mol. The second-order valence-electron chi connectivity index (χ2n) is 4.27. The number of nitrogens with two attached hydrogens (primary N) is 1. The van der Waals surface area contributed by atoms with Crippen molar-refractivity contribution in [1.29, 1.82) is 0 Å². The molecule has 0 spiro atoms. The third-order valence-electron chi connectivity index (χ3n) is 2.99. The molecule has 1 aromatic carbocycles. The second kappa shape index (κ2) is 6.38. The zero-order chi connectivity index (χ0) is 14.5. The molecular formula is C14H17N3O2S. The van der Waals surface area contributed by atoms with Crippen LogP contribution >= 0.6 is 12.2 Å². The predicted molar refractivity (Wildman–Crippen MR) is 81.3 cm³/mol. The summed E-state index contributed by atoms with van der Waals surface area (Å²) < 4.78 is 12.9. The number of thiocarbonyl (C=S) groups is 1. The van der Waals surface area contributed by atoms with Gasteiger partial charge in [0.1, 0.15) is 4.99 Å². The number of ether oxygens (including phenoxy) is 2. The number of aromatic nitrogens is 2. The summed E-state index contributed by atoms with van der Waals surface area (Å²) in [5, 5.41) is 4.12. The van der Waals surface area contributed by atoms with Crippen LogP contribution in [0, 0.1) is 0 Å². The van der Waals surface area contributed by atoms with E-state index in [1.54, 1.807) is 19.4 Å². The van der Waals surface area contributed by atoms with Gasteiger partial charge in [-0.3, -0.25) is 4.68 Å². The van der Waals surface area contributed by atoms with Crippen molar-refractivity contribution in [3.05, 3.63) is 41.7 Å². The van der Waals surface area contributed by atoms with E-state index in [9.17, 15) is 0 Å². The molecule has 0 aliphatic rings. The molecule has 1 heterocycles. The Morgan fingerprint density at radius 2 is 2.15 bits per heavy atom. The lowest BCUT2D eigenvalue weighted by molar-refractivity contribution is 0.295. The number of benzene rings is 1. The number of aryl methyl sites for hydroxylation is 1. The first-order chi connectivity index (χ1) is 9.61. The molecule has 20 heavy (non-hydrogen) atoms.